The first kappa shape index (κ1) is 15.9. The van der Waals surface area contributed by atoms with Gasteiger partial charge in [0.1, 0.15) is 5.75 Å². The van der Waals surface area contributed by atoms with Gasteiger partial charge in [-0.05, 0) is 24.1 Å². The van der Waals surface area contributed by atoms with Gasteiger partial charge >= 0.3 is 0 Å². The number of hydrogen-bond donors (Lipinski definition) is 2. The number of nitrogens with one attached hydrogen (secondary N) is 1. The molecule has 0 aliphatic rings. The molecule has 4 nitrogen and oxygen atoms in total. The van der Waals surface area contributed by atoms with Crippen LogP contribution in [0.3, 0.4) is 0 Å². The fourth-order valence-electron chi connectivity index (χ4n) is 2.01. The summed E-state index contributed by atoms with van der Waals surface area (Å²) in [5.41, 5.74) is 7.12. The predicted molar refractivity (Wildman–Crippen MR) is 91.2 cm³/mol. The molecule has 0 saturated heterocycles. The van der Waals surface area contributed by atoms with E-state index in [1.807, 2.05) is 48.5 Å². The van der Waals surface area contributed by atoms with Crippen LogP contribution in [-0.4, -0.2) is 25.7 Å². The summed E-state index contributed by atoms with van der Waals surface area (Å²) in [6, 6.07) is 20.1. The van der Waals surface area contributed by atoms with Crippen molar-refractivity contribution in [2.24, 2.45) is 10.7 Å². The fourth-order valence-corrected chi connectivity index (χ4v) is 2.01. The van der Waals surface area contributed by atoms with E-state index >= 15 is 0 Å². The van der Waals surface area contributed by atoms with E-state index in [1.165, 1.54) is 5.56 Å². The Bertz CT molecular complexity index is 555. The van der Waals surface area contributed by atoms with Crippen molar-refractivity contribution in [3.8, 4) is 5.75 Å². The number of para-hydroxylation sites is 1. The molecular formula is C18H23N3O. The molecular weight excluding hydrogens is 274 g/mol. The molecule has 0 bridgehead atoms. The van der Waals surface area contributed by atoms with Gasteiger partial charge in [-0.1, -0.05) is 48.5 Å². The zero-order valence-corrected chi connectivity index (χ0v) is 12.7. The normalized spacial score (nSPS) is 11.2. The van der Waals surface area contributed by atoms with Crippen molar-refractivity contribution < 1.29 is 4.74 Å². The third kappa shape index (κ3) is 6.31. The Kier molecular flexibility index (Phi) is 6.82. The molecule has 0 amide bonds. The molecule has 22 heavy (non-hydrogen) atoms. The van der Waals surface area contributed by atoms with Gasteiger partial charge in [0.05, 0.1) is 6.61 Å². The number of nitrogens with zero attached hydrogens (tertiary/aromatic N) is 1. The molecule has 2 rings (SSSR count). The zero-order chi connectivity index (χ0) is 15.5. The Morgan fingerprint density at radius 3 is 2.41 bits per heavy atom. The molecule has 0 unspecified atom stereocenters. The fraction of sp³-hybridized carbons (Fsp3) is 0.278. The summed E-state index contributed by atoms with van der Waals surface area (Å²) in [4.78, 5) is 4.29. The first-order valence-corrected chi connectivity index (χ1v) is 7.60. The molecule has 0 heterocycles. The van der Waals surface area contributed by atoms with Gasteiger partial charge in [-0.25, -0.2) is 0 Å². The van der Waals surface area contributed by atoms with Gasteiger partial charge in [0, 0.05) is 19.5 Å². The summed E-state index contributed by atoms with van der Waals surface area (Å²) >= 11 is 0. The summed E-state index contributed by atoms with van der Waals surface area (Å²) in [5.74, 6) is 1.39. The van der Waals surface area contributed by atoms with Crippen molar-refractivity contribution in [1.82, 2.24) is 5.32 Å². The highest BCUT2D eigenvalue weighted by Gasteiger charge is 1.95. The second kappa shape index (κ2) is 9.45. The van der Waals surface area contributed by atoms with Crippen molar-refractivity contribution in [3.05, 3.63) is 66.2 Å². The number of nitrogens with two attached hydrogens (primary N) is 1. The summed E-state index contributed by atoms with van der Waals surface area (Å²) < 4.78 is 5.60. The minimum atomic E-state index is 0.496. The molecule has 0 spiro atoms. The number of ether oxygens (including phenoxy) is 1. The first-order valence-electron chi connectivity index (χ1n) is 7.60. The minimum Gasteiger partial charge on any atom is -0.494 e. The van der Waals surface area contributed by atoms with Gasteiger partial charge in [-0.3, -0.25) is 4.99 Å². The van der Waals surface area contributed by atoms with Crippen LogP contribution >= 0.6 is 0 Å². The van der Waals surface area contributed by atoms with Crippen LogP contribution < -0.4 is 15.8 Å². The van der Waals surface area contributed by atoms with E-state index in [9.17, 15) is 0 Å². The lowest BCUT2D eigenvalue weighted by Gasteiger charge is -2.06. The zero-order valence-electron chi connectivity index (χ0n) is 12.7. The Balaban J connectivity index is 1.55. The van der Waals surface area contributed by atoms with Gasteiger partial charge in [-0.2, -0.15) is 0 Å². The summed E-state index contributed by atoms with van der Waals surface area (Å²) in [5, 5.41) is 3.13. The van der Waals surface area contributed by atoms with Gasteiger partial charge < -0.3 is 15.8 Å². The Morgan fingerprint density at radius 1 is 1.00 bits per heavy atom. The third-order valence-electron chi connectivity index (χ3n) is 3.16. The van der Waals surface area contributed by atoms with Gasteiger partial charge in [0.25, 0.3) is 0 Å². The highest BCUT2D eigenvalue weighted by atomic mass is 16.5. The van der Waals surface area contributed by atoms with E-state index in [2.05, 4.69) is 22.4 Å². The maximum atomic E-state index is 5.83. The average molecular weight is 297 g/mol. The lowest BCUT2D eigenvalue weighted by Crippen LogP contribution is -2.33. The smallest absolute Gasteiger partial charge is 0.188 e. The topological polar surface area (TPSA) is 59.6 Å². The highest BCUT2D eigenvalue weighted by molar-refractivity contribution is 5.77. The van der Waals surface area contributed by atoms with E-state index < -0.39 is 0 Å². The van der Waals surface area contributed by atoms with Gasteiger partial charge in [-0.15, -0.1) is 0 Å². The largest absolute Gasteiger partial charge is 0.494 e. The molecule has 0 fully saturated rings. The Morgan fingerprint density at radius 2 is 1.68 bits per heavy atom. The maximum absolute atomic E-state index is 5.83. The van der Waals surface area contributed by atoms with Crippen LogP contribution in [0.4, 0.5) is 0 Å². The SMILES string of the molecule is NC(=NCCCOc1ccccc1)NCCc1ccccc1. The molecule has 0 aliphatic carbocycles. The van der Waals surface area contributed by atoms with Gasteiger partial charge in [0.2, 0.25) is 0 Å². The average Bonchev–Trinajstić information content (AvgIpc) is 2.56. The number of aliphatic imine (C=N–C) groups is 1. The van der Waals surface area contributed by atoms with Crippen molar-refractivity contribution in [2.75, 3.05) is 19.7 Å². The van der Waals surface area contributed by atoms with E-state index in [0.717, 1.165) is 25.1 Å². The van der Waals surface area contributed by atoms with Crippen LogP contribution in [0.15, 0.2) is 65.7 Å². The quantitative estimate of drug-likeness (QED) is 0.447. The van der Waals surface area contributed by atoms with Crippen molar-refractivity contribution in [1.29, 1.82) is 0 Å². The monoisotopic (exact) mass is 297 g/mol. The van der Waals surface area contributed by atoms with Crippen LogP contribution in [0.1, 0.15) is 12.0 Å². The highest BCUT2D eigenvalue weighted by Crippen LogP contribution is 2.08. The second-order valence-electron chi connectivity index (χ2n) is 4.94. The standard InChI is InChI=1S/C18H23N3O/c19-18(21-14-12-16-8-3-1-4-9-16)20-13-7-15-22-17-10-5-2-6-11-17/h1-6,8-11H,7,12-15H2,(H3,19,20,21). The molecule has 2 aromatic rings. The van der Waals surface area contributed by atoms with Crippen LogP contribution in [0.5, 0.6) is 5.75 Å². The molecule has 4 heteroatoms. The summed E-state index contributed by atoms with van der Waals surface area (Å²) in [6.07, 6.45) is 1.78. The molecule has 3 N–H and O–H groups in total. The van der Waals surface area contributed by atoms with Crippen LogP contribution in [-0.2, 0) is 6.42 Å². The minimum absolute atomic E-state index is 0.496. The summed E-state index contributed by atoms with van der Waals surface area (Å²) in [7, 11) is 0. The lowest BCUT2D eigenvalue weighted by molar-refractivity contribution is 0.313. The third-order valence-corrected chi connectivity index (χ3v) is 3.16. The lowest BCUT2D eigenvalue weighted by atomic mass is 10.1. The van der Waals surface area contributed by atoms with Crippen molar-refractivity contribution >= 4 is 5.96 Å². The summed E-state index contributed by atoms with van der Waals surface area (Å²) in [6.45, 7) is 2.10. The molecule has 0 atom stereocenters. The Hall–Kier alpha value is -2.49. The predicted octanol–water partition coefficient (Wildman–Crippen LogP) is 2.60. The molecule has 2 aromatic carbocycles. The molecule has 0 radical (unpaired) electrons. The van der Waals surface area contributed by atoms with Crippen LogP contribution in [0.25, 0.3) is 0 Å². The molecule has 116 valence electrons. The van der Waals surface area contributed by atoms with Crippen molar-refractivity contribution in [2.45, 2.75) is 12.8 Å². The van der Waals surface area contributed by atoms with Gasteiger partial charge in [0.15, 0.2) is 5.96 Å². The van der Waals surface area contributed by atoms with Crippen LogP contribution in [0.2, 0.25) is 0 Å². The number of rotatable bonds is 8. The van der Waals surface area contributed by atoms with Crippen LogP contribution in [0, 0.1) is 0 Å². The van der Waals surface area contributed by atoms with E-state index in [-0.39, 0.29) is 0 Å². The first-order chi connectivity index (χ1) is 10.8. The van der Waals surface area contributed by atoms with E-state index in [0.29, 0.717) is 19.1 Å². The molecule has 0 aliphatic heterocycles. The van der Waals surface area contributed by atoms with Crippen molar-refractivity contribution in [3.63, 3.8) is 0 Å². The van der Waals surface area contributed by atoms with E-state index in [4.69, 9.17) is 10.5 Å². The maximum Gasteiger partial charge on any atom is 0.188 e. The number of guanidine groups is 1. The number of benzene rings is 2. The molecule has 0 aromatic heterocycles. The molecule has 0 saturated carbocycles. The second-order valence-corrected chi connectivity index (χ2v) is 4.94. The number of hydrogen-bond acceptors (Lipinski definition) is 2. The van der Waals surface area contributed by atoms with E-state index in [1.54, 1.807) is 0 Å². The Labute approximate surface area is 132 Å².